The van der Waals surface area contributed by atoms with Crippen molar-refractivity contribution in [3.8, 4) is 0 Å². The smallest absolute Gasteiger partial charge is 0.255 e. The van der Waals surface area contributed by atoms with E-state index >= 15 is 0 Å². The van der Waals surface area contributed by atoms with Crippen LogP contribution in [0.1, 0.15) is 12.8 Å². The van der Waals surface area contributed by atoms with Gasteiger partial charge in [0.05, 0.1) is 16.4 Å². The molecule has 1 fully saturated rings. The SMILES string of the molecule is NS(=O)(=O)c1ccc(Nc2ncc(Br)c(N3CCCC3)n2)cn1. The zero-order valence-corrected chi connectivity index (χ0v) is 14.5. The van der Waals surface area contributed by atoms with E-state index in [1.807, 2.05) is 0 Å². The molecule has 23 heavy (non-hydrogen) atoms. The largest absolute Gasteiger partial charge is 0.356 e. The normalized spacial score (nSPS) is 15.0. The highest BCUT2D eigenvalue weighted by atomic mass is 79.9. The summed E-state index contributed by atoms with van der Waals surface area (Å²) >= 11 is 3.47. The van der Waals surface area contributed by atoms with Crippen molar-refractivity contribution in [2.75, 3.05) is 23.3 Å². The molecule has 1 aliphatic heterocycles. The molecule has 0 aliphatic carbocycles. The zero-order valence-electron chi connectivity index (χ0n) is 12.1. The standard InChI is InChI=1S/C13H15BrN6O2S/c14-10-8-17-13(19-12(10)20-5-1-2-6-20)18-9-3-4-11(16-7-9)23(15,21)22/h3-4,7-8H,1-2,5-6H2,(H2,15,21,22)(H,17,18,19). The Morgan fingerprint density at radius 3 is 2.52 bits per heavy atom. The van der Waals surface area contributed by atoms with E-state index in [-0.39, 0.29) is 5.03 Å². The van der Waals surface area contributed by atoms with E-state index in [0.717, 1.165) is 36.2 Å². The molecule has 1 aliphatic rings. The van der Waals surface area contributed by atoms with Gasteiger partial charge in [0.2, 0.25) is 5.95 Å². The Labute approximate surface area is 142 Å². The zero-order chi connectivity index (χ0) is 16.4. The number of hydrogen-bond donors (Lipinski definition) is 2. The molecule has 0 spiro atoms. The summed E-state index contributed by atoms with van der Waals surface area (Å²) in [5, 5.41) is 7.84. The Hall–Kier alpha value is -1.78. The first-order valence-electron chi connectivity index (χ1n) is 6.97. The maximum absolute atomic E-state index is 11.2. The van der Waals surface area contributed by atoms with E-state index in [0.29, 0.717) is 11.6 Å². The molecule has 122 valence electrons. The predicted octanol–water partition coefficient (Wildman–Crippen LogP) is 1.63. The van der Waals surface area contributed by atoms with Crippen LogP contribution in [0, 0.1) is 0 Å². The van der Waals surface area contributed by atoms with Crippen molar-refractivity contribution in [2.24, 2.45) is 5.14 Å². The highest BCUT2D eigenvalue weighted by Crippen LogP contribution is 2.28. The Morgan fingerprint density at radius 1 is 1.17 bits per heavy atom. The lowest BCUT2D eigenvalue weighted by Crippen LogP contribution is -2.20. The number of anilines is 3. The Kier molecular flexibility index (Phi) is 4.46. The number of nitrogens with two attached hydrogens (primary N) is 1. The maximum atomic E-state index is 11.2. The van der Waals surface area contributed by atoms with Gasteiger partial charge in [0.15, 0.2) is 5.03 Å². The molecule has 2 aromatic heterocycles. The lowest BCUT2D eigenvalue weighted by molar-refractivity contribution is 0.594. The average molecular weight is 399 g/mol. The topological polar surface area (TPSA) is 114 Å². The molecule has 3 rings (SSSR count). The number of nitrogens with one attached hydrogen (secondary N) is 1. The van der Waals surface area contributed by atoms with Crippen molar-refractivity contribution in [3.05, 3.63) is 29.0 Å². The third-order valence-electron chi connectivity index (χ3n) is 3.42. The Morgan fingerprint density at radius 2 is 1.91 bits per heavy atom. The maximum Gasteiger partial charge on any atom is 0.255 e. The molecular weight excluding hydrogens is 384 g/mol. The third-order valence-corrected chi connectivity index (χ3v) is 4.80. The summed E-state index contributed by atoms with van der Waals surface area (Å²) in [7, 11) is -3.80. The van der Waals surface area contributed by atoms with Crippen molar-refractivity contribution in [3.63, 3.8) is 0 Å². The number of nitrogens with zero attached hydrogens (tertiary/aromatic N) is 4. The molecule has 1 saturated heterocycles. The van der Waals surface area contributed by atoms with Crippen molar-refractivity contribution >= 4 is 43.4 Å². The third kappa shape index (κ3) is 3.77. The minimum absolute atomic E-state index is 0.183. The van der Waals surface area contributed by atoms with Crippen molar-refractivity contribution in [1.82, 2.24) is 15.0 Å². The quantitative estimate of drug-likeness (QED) is 0.803. The summed E-state index contributed by atoms with van der Waals surface area (Å²) in [5.41, 5.74) is 0.576. The van der Waals surface area contributed by atoms with Crippen molar-refractivity contribution in [1.29, 1.82) is 0 Å². The van der Waals surface area contributed by atoms with E-state index in [2.05, 4.69) is 41.1 Å². The summed E-state index contributed by atoms with van der Waals surface area (Å²) < 4.78 is 23.2. The summed E-state index contributed by atoms with van der Waals surface area (Å²) in [5.74, 6) is 1.26. The molecule has 0 bridgehead atoms. The van der Waals surface area contributed by atoms with Crippen molar-refractivity contribution < 1.29 is 8.42 Å². The van der Waals surface area contributed by atoms with Gasteiger partial charge in [0.1, 0.15) is 5.82 Å². The summed E-state index contributed by atoms with van der Waals surface area (Å²) in [6.45, 7) is 1.94. The van der Waals surface area contributed by atoms with Crippen LogP contribution in [0.5, 0.6) is 0 Å². The van der Waals surface area contributed by atoms with Gasteiger partial charge in [0, 0.05) is 19.3 Å². The van der Waals surface area contributed by atoms with E-state index in [9.17, 15) is 8.42 Å². The first-order valence-corrected chi connectivity index (χ1v) is 9.31. The molecule has 3 N–H and O–H groups in total. The molecule has 0 radical (unpaired) electrons. The molecule has 0 unspecified atom stereocenters. The molecule has 8 nitrogen and oxygen atoms in total. The minimum atomic E-state index is -3.80. The monoisotopic (exact) mass is 398 g/mol. The van der Waals surface area contributed by atoms with Crippen LogP contribution in [0.2, 0.25) is 0 Å². The molecular formula is C13H15BrN6O2S. The predicted molar refractivity (Wildman–Crippen MR) is 90.1 cm³/mol. The minimum Gasteiger partial charge on any atom is -0.356 e. The first kappa shape index (κ1) is 16.1. The van der Waals surface area contributed by atoms with E-state index in [4.69, 9.17) is 5.14 Å². The summed E-state index contributed by atoms with van der Waals surface area (Å²) in [6.07, 6.45) is 5.37. The van der Waals surface area contributed by atoms with Gasteiger partial charge in [-0.15, -0.1) is 0 Å². The number of sulfonamides is 1. The number of halogens is 1. The Balaban J connectivity index is 1.81. The lowest BCUT2D eigenvalue weighted by atomic mass is 10.4. The van der Waals surface area contributed by atoms with Gasteiger partial charge < -0.3 is 10.2 Å². The van der Waals surface area contributed by atoms with Crippen LogP contribution >= 0.6 is 15.9 Å². The molecule has 0 aromatic carbocycles. The van der Waals surface area contributed by atoms with E-state index in [1.54, 1.807) is 12.3 Å². The molecule has 0 atom stereocenters. The van der Waals surface area contributed by atoms with Gasteiger partial charge in [-0.05, 0) is 40.9 Å². The fourth-order valence-electron chi connectivity index (χ4n) is 2.32. The van der Waals surface area contributed by atoms with Crippen LogP contribution in [-0.4, -0.2) is 36.5 Å². The van der Waals surface area contributed by atoms with Crippen LogP contribution in [0.25, 0.3) is 0 Å². The number of rotatable bonds is 4. The van der Waals surface area contributed by atoms with Crippen LogP contribution in [0.3, 0.4) is 0 Å². The van der Waals surface area contributed by atoms with Gasteiger partial charge in [-0.25, -0.2) is 23.5 Å². The van der Waals surface area contributed by atoms with Gasteiger partial charge in [-0.1, -0.05) is 0 Å². The molecule has 3 heterocycles. The van der Waals surface area contributed by atoms with Gasteiger partial charge in [-0.2, -0.15) is 4.98 Å². The van der Waals surface area contributed by atoms with Gasteiger partial charge >= 0.3 is 0 Å². The van der Waals surface area contributed by atoms with Crippen LogP contribution in [0.15, 0.2) is 34.0 Å². The van der Waals surface area contributed by atoms with E-state index < -0.39 is 10.0 Å². The highest BCUT2D eigenvalue weighted by Gasteiger charge is 2.17. The number of pyridine rings is 1. The second kappa shape index (κ2) is 6.38. The number of hydrogen-bond acceptors (Lipinski definition) is 7. The van der Waals surface area contributed by atoms with Gasteiger partial charge in [0.25, 0.3) is 10.0 Å². The molecule has 10 heteroatoms. The van der Waals surface area contributed by atoms with Crippen molar-refractivity contribution in [2.45, 2.75) is 17.9 Å². The number of primary sulfonamides is 1. The second-order valence-electron chi connectivity index (χ2n) is 5.11. The molecule has 2 aromatic rings. The fourth-order valence-corrected chi connectivity index (χ4v) is 3.22. The fraction of sp³-hybridized carbons (Fsp3) is 0.308. The Bertz CT molecular complexity index is 806. The summed E-state index contributed by atoms with van der Waals surface area (Å²) in [6, 6.07) is 2.89. The second-order valence-corrected chi connectivity index (χ2v) is 7.48. The van der Waals surface area contributed by atoms with E-state index in [1.165, 1.54) is 12.3 Å². The van der Waals surface area contributed by atoms with Crippen LogP contribution in [0.4, 0.5) is 17.5 Å². The highest BCUT2D eigenvalue weighted by molar-refractivity contribution is 9.10. The van der Waals surface area contributed by atoms with Gasteiger partial charge in [-0.3, -0.25) is 0 Å². The first-order chi connectivity index (χ1) is 10.9. The average Bonchev–Trinajstić information content (AvgIpc) is 3.03. The molecule has 0 amide bonds. The lowest BCUT2D eigenvalue weighted by Gasteiger charge is -2.18. The molecule has 0 saturated carbocycles. The number of aromatic nitrogens is 3. The van der Waals surface area contributed by atoms with Crippen LogP contribution < -0.4 is 15.4 Å². The van der Waals surface area contributed by atoms with Crippen LogP contribution in [-0.2, 0) is 10.0 Å². The summed E-state index contributed by atoms with van der Waals surface area (Å²) in [4.78, 5) is 14.7.